The molecule has 1 amide bonds. The Morgan fingerprint density at radius 1 is 1.32 bits per heavy atom. The molecule has 3 rings (SSSR count). The van der Waals surface area contributed by atoms with Crippen LogP contribution >= 0.6 is 0 Å². The van der Waals surface area contributed by atoms with Gasteiger partial charge >= 0.3 is 0 Å². The summed E-state index contributed by atoms with van der Waals surface area (Å²) in [6.45, 7) is 1.57. The first-order valence-corrected chi connectivity index (χ1v) is 7.15. The molecule has 1 saturated heterocycles. The van der Waals surface area contributed by atoms with Crippen LogP contribution in [0, 0.1) is 0 Å². The molecule has 0 spiro atoms. The lowest BCUT2D eigenvalue weighted by Crippen LogP contribution is -2.38. The molecule has 0 unspecified atom stereocenters. The monoisotopic (exact) mass is 299 g/mol. The van der Waals surface area contributed by atoms with Crippen molar-refractivity contribution in [2.75, 3.05) is 18.0 Å². The Hall–Kier alpha value is -2.70. The molecule has 0 bridgehead atoms. The van der Waals surface area contributed by atoms with Gasteiger partial charge in [0.25, 0.3) is 11.5 Å². The van der Waals surface area contributed by atoms with Crippen molar-refractivity contribution >= 4 is 11.7 Å². The number of aryl methyl sites for hydroxylation is 1. The van der Waals surface area contributed by atoms with Gasteiger partial charge in [-0.1, -0.05) is 6.07 Å². The Morgan fingerprint density at radius 3 is 2.91 bits per heavy atom. The van der Waals surface area contributed by atoms with Crippen molar-refractivity contribution in [2.45, 2.75) is 12.5 Å². The third kappa shape index (κ3) is 2.98. The molecule has 1 fully saturated rings. The molecule has 2 aromatic rings. The summed E-state index contributed by atoms with van der Waals surface area (Å²) in [6.07, 6.45) is 2.61. The van der Waals surface area contributed by atoms with Crippen molar-refractivity contribution in [3.8, 4) is 0 Å². The number of nitrogens with zero attached hydrogens (tertiary/aromatic N) is 4. The number of carbonyl (C=O) groups excluding carboxylic acids is 1. The summed E-state index contributed by atoms with van der Waals surface area (Å²) in [7, 11) is 1.53. The quantitative estimate of drug-likeness (QED) is 0.875. The number of aromatic nitrogens is 3. The minimum absolute atomic E-state index is 0.0496. The van der Waals surface area contributed by atoms with Gasteiger partial charge < -0.3 is 10.2 Å². The zero-order valence-electron chi connectivity index (χ0n) is 12.3. The molecule has 1 atom stereocenters. The van der Waals surface area contributed by atoms with E-state index in [1.807, 2.05) is 18.2 Å². The lowest BCUT2D eigenvalue weighted by Gasteiger charge is -2.17. The summed E-state index contributed by atoms with van der Waals surface area (Å²) >= 11 is 0. The molecule has 1 aliphatic rings. The van der Waals surface area contributed by atoms with Crippen LogP contribution in [0.15, 0.2) is 41.3 Å². The largest absolute Gasteiger partial charge is 0.354 e. The first kappa shape index (κ1) is 14.2. The smallest absolute Gasteiger partial charge is 0.272 e. The van der Waals surface area contributed by atoms with Gasteiger partial charge in [0, 0.05) is 38.4 Å². The fourth-order valence-corrected chi connectivity index (χ4v) is 2.51. The van der Waals surface area contributed by atoms with Gasteiger partial charge in [0.15, 0.2) is 0 Å². The van der Waals surface area contributed by atoms with Gasteiger partial charge in [-0.3, -0.25) is 9.59 Å². The fourth-order valence-electron chi connectivity index (χ4n) is 2.51. The van der Waals surface area contributed by atoms with Crippen LogP contribution in [-0.4, -0.2) is 39.8 Å². The number of nitrogens with one attached hydrogen (secondary N) is 1. The van der Waals surface area contributed by atoms with E-state index in [2.05, 4.69) is 20.3 Å². The van der Waals surface area contributed by atoms with Gasteiger partial charge in [-0.15, -0.1) is 0 Å². The molecule has 114 valence electrons. The standard InChI is InChI=1S/C15H17N5O2/c1-19-14(21)6-5-12(18-19)15(22)17-11-7-9-20(10-11)13-4-2-3-8-16-13/h2-6,8,11H,7,9-10H2,1H3,(H,17,22)/t11-/m1/s1. The lowest BCUT2D eigenvalue weighted by molar-refractivity contribution is 0.0933. The summed E-state index contributed by atoms with van der Waals surface area (Å²) in [6, 6.07) is 8.62. The van der Waals surface area contributed by atoms with Gasteiger partial charge in [-0.25, -0.2) is 9.67 Å². The van der Waals surface area contributed by atoms with Crippen LogP contribution in [-0.2, 0) is 7.05 Å². The van der Waals surface area contributed by atoms with Crippen LogP contribution in [0.3, 0.4) is 0 Å². The number of hydrogen-bond donors (Lipinski definition) is 1. The highest BCUT2D eigenvalue weighted by Gasteiger charge is 2.25. The number of amides is 1. The van der Waals surface area contributed by atoms with Crippen molar-refractivity contribution in [3.05, 3.63) is 52.6 Å². The van der Waals surface area contributed by atoms with Gasteiger partial charge in [0.05, 0.1) is 0 Å². The van der Waals surface area contributed by atoms with Gasteiger partial charge in [0.1, 0.15) is 11.5 Å². The Kier molecular flexibility index (Phi) is 3.86. The Labute approximate surface area is 127 Å². The molecule has 0 aromatic carbocycles. The first-order chi connectivity index (χ1) is 10.6. The van der Waals surface area contributed by atoms with E-state index < -0.39 is 0 Å². The van der Waals surface area contributed by atoms with Crippen LogP contribution in [0.1, 0.15) is 16.9 Å². The molecule has 22 heavy (non-hydrogen) atoms. The molecule has 1 N–H and O–H groups in total. The highest BCUT2D eigenvalue weighted by atomic mass is 16.2. The molecule has 7 nitrogen and oxygen atoms in total. The average molecular weight is 299 g/mol. The van der Waals surface area contributed by atoms with Crippen LogP contribution < -0.4 is 15.8 Å². The summed E-state index contributed by atoms with van der Waals surface area (Å²) in [5.41, 5.74) is 0.0112. The van der Waals surface area contributed by atoms with Crippen LogP contribution in [0.25, 0.3) is 0 Å². The van der Waals surface area contributed by atoms with E-state index in [9.17, 15) is 9.59 Å². The van der Waals surface area contributed by atoms with E-state index in [1.54, 1.807) is 6.20 Å². The number of anilines is 1. The Bertz CT molecular complexity index is 728. The molecule has 2 aromatic heterocycles. The van der Waals surface area contributed by atoms with Crippen molar-refractivity contribution in [3.63, 3.8) is 0 Å². The van der Waals surface area contributed by atoms with Gasteiger partial charge in [-0.2, -0.15) is 5.10 Å². The van der Waals surface area contributed by atoms with E-state index in [1.165, 1.54) is 19.2 Å². The van der Waals surface area contributed by atoms with E-state index in [4.69, 9.17) is 0 Å². The van der Waals surface area contributed by atoms with Crippen molar-refractivity contribution < 1.29 is 4.79 Å². The predicted molar refractivity (Wildman–Crippen MR) is 81.8 cm³/mol. The van der Waals surface area contributed by atoms with Crippen molar-refractivity contribution in [2.24, 2.45) is 7.05 Å². The molecular weight excluding hydrogens is 282 g/mol. The zero-order valence-corrected chi connectivity index (χ0v) is 12.3. The summed E-state index contributed by atoms with van der Waals surface area (Å²) < 4.78 is 1.16. The molecule has 1 aliphatic heterocycles. The van der Waals surface area contributed by atoms with E-state index in [-0.39, 0.29) is 23.2 Å². The highest BCUT2D eigenvalue weighted by Crippen LogP contribution is 2.17. The maximum Gasteiger partial charge on any atom is 0.272 e. The minimum atomic E-state index is -0.261. The molecule has 0 aliphatic carbocycles. The summed E-state index contributed by atoms with van der Waals surface area (Å²) in [5, 5.41) is 6.91. The number of hydrogen-bond acceptors (Lipinski definition) is 5. The minimum Gasteiger partial charge on any atom is -0.354 e. The molecular formula is C15H17N5O2. The van der Waals surface area contributed by atoms with Crippen LogP contribution in [0.5, 0.6) is 0 Å². The van der Waals surface area contributed by atoms with E-state index >= 15 is 0 Å². The fraction of sp³-hybridized carbons (Fsp3) is 0.333. The van der Waals surface area contributed by atoms with Crippen LogP contribution in [0.2, 0.25) is 0 Å². The van der Waals surface area contributed by atoms with Gasteiger partial charge in [0.2, 0.25) is 0 Å². The number of rotatable bonds is 3. The average Bonchev–Trinajstić information content (AvgIpc) is 2.99. The van der Waals surface area contributed by atoms with Crippen molar-refractivity contribution in [1.29, 1.82) is 0 Å². The second-order valence-electron chi connectivity index (χ2n) is 5.27. The maximum atomic E-state index is 12.2. The maximum absolute atomic E-state index is 12.2. The van der Waals surface area contributed by atoms with Crippen molar-refractivity contribution in [1.82, 2.24) is 20.1 Å². The van der Waals surface area contributed by atoms with Crippen LogP contribution in [0.4, 0.5) is 5.82 Å². The van der Waals surface area contributed by atoms with E-state index in [0.29, 0.717) is 6.54 Å². The van der Waals surface area contributed by atoms with E-state index in [0.717, 1.165) is 23.5 Å². The highest BCUT2D eigenvalue weighted by molar-refractivity contribution is 5.92. The molecule has 3 heterocycles. The Morgan fingerprint density at radius 2 is 2.18 bits per heavy atom. The Balaban J connectivity index is 1.63. The normalized spacial score (nSPS) is 17.5. The second-order valence-corrected chi connectivity index (χ2v) is 5.27. The molecule has 7 heteroatoms. The van der Waals surface area contributed by atoms with Gasteiger partial charge in [-0.05, 0) is 24.6 Å². The number of pyridine rings is 1. The first-order valence-electron chi connectivity index (χ1n) is 7.15. The molecule has 0 saturated carbocycles. The predicted octanol–water partition coefficient (Wildman–Crippen LogP) is 0.184. The third-order valence-corrected chi connectivity index (χ3v) is 3.69. The summed E-state index contributed by atoms with van der Waals surface area (Å²) in [4.78, 5) is 29.9. The molecule has 0 radical (unpaired) electrons. The summed E-state index contributed by atoms with van der Waals surface area (Å²) in [5.74, 6) is 0.656. The third-order valence-electron chi connectivity index (χ3n) is 3.69. The number of carbonyl (C=O) groups is 1. The topological polar surface area (TPSA) is 80.1 Å². The zero-order chi connectivity index (χ0) is 15.5. The second kappa shape index (κ2) is 5.97. The SMILES string of the molecule is Cn1nc(C(=O)N[C@@H]2CCN(c3ccccn3)C2)ccc1=O. The lowest BCUT2D eigenvalue weighted by atomic mass is 10.2.